The van der Waals surface area contributed by atoms with Gasteiger partial charge in [-0.25, -0.2) is 4.39 Å². The van der Waals surface area contributed by atoms with E-state index in [1.54, 1.807) is 18.2 Å². The van der Waals surface area contributed by atoms with Crippen molar-refractivity contribution in [3.05, 3.63) is 72.6 Å². The highest BCUT2D eigenvalue weighted by molar-refractivity contribution is 5.90. The third kappa shape index (κ3) is 4.08. The van der Waals surface area contributed by atoms with Gasteiger partial charge >= 0.3 is 6.61 Å². The molecule has 0 N–H and O–H groups in total. The molecule has 0 saturated heterocycles. The summed E-state index contributed by atoms with van der Waals surface area (Å²) in [6.07, 6.45) is 2.34. The summed E-state index contributed by atoms with van der Waals surface area (Å²) in [5.41, 5.74) is 3.02. The van der Waals surface area contributed by atoms with Gasteiger partial charge in [-0.15, -0.1) is 0 Å². The van der Waals surface area contributed by atoms with Crippen molar-refractivity contribution in [3.8, 4) is 22.6 Å². The van der Waals surface area contributed by atoms with Crippen molar-refractivity contribution >= 4 is 10.8 Å². The fourth-order valence-electron chi connectivity index (χ4n) is 2.89. The van der Waals surface area contributed by atoms with E-state index in [2.05, 4.69) is 18.2 Å². The minimum Gasteiger partial charge on any atom is -0.483 e. The summed E-state index contributed by atoms with van der Waals surface area (Å²) in [4.78, 5) is 0. The zero-order valence-electron chi connectivity index (χ0n) is 14.8. The predicted octanol–water partition coefficient (Wildman–Crippen LogP) is 6.37. The van der Waals surface area contributed by atoms with E-state index in [1.165, 1.54) is 17.7 Å². The monoisotopic (exact) mass is 372 g/mol. The molecule has 0 bridgehead atoms. The largest absolute Gasteiger partial charge is 0.483 e. The van der Waals surface area contributed by atoms with Crippen LogP contribution >= 0.6 is 0 Å². The van der Waals surface area contributed by atoms with Crippen LogP contribution in [0.25, 0.3) is 21.9 Å². The highest BCUT2D eigenvalue weighted by Crippen LogP contribution is 2.38. The number of hydrogen-bond acceptors (Lipinski definition) is 2. The average molecular weight is 372 g/mol. The van der Waals surface area contributed by atoms with Gasteiger partial charge in [0.15, 0.2) is 17.3 Å². The van der Waals surface area contributed by atoms with Gasteiger partial charge in [-0.2, -0.15) is 8.78 Å². The van der Waals surface area contributed by atoms with Crippen LogP contribution in [0.2, 0.25) is 0 Å². The SMILES string of the molecule is C=CCOc1c(OC(F)F)cc2cc(-c3ccc(CC)cc3)ccc2c1F. The second-order valence-electron chi connectivity index (χ2n) is 5.98. The maximum absolute atomic E-state index is 14.9. The van der Waals surface area contributed by atoms with Crippen LogP contribution in [0.5, 0.6) is 11.5 Å². The van der Waals surface area contributed by atoms with Gasteiger partial charge in [0.1, 0.15) is 6.61 Å². The molecule has 0 atom stereocenters. The Labute approximate surface area is 155 Å². The molecule has 0 amide bonds. The van der Waals surface area contributed by atoms with Gasteiger partial charge in [0.25, 0.3) is 0 Å². The van der Waals surface area contributed by atoms with E-state index in [-0.39, 0.29) is 23.5 Å². The van der Waals surface area contributed by atoms with Gasteiger partial charge in [0.05, 0.1) is 0 Å². The van der Waals surface area contributed by atoms with E-state index in [4.69, 9.17) is 4.74 Å². The summed E-state index contributed by atoms with van der Waals surface area (Å²) < 4.78 is 50.0. The van der Waals surface area contributed by atoms with Gasteiger partial charge in [0.2, 0.25) is 0 Å². The molecule has 0 spiro atoms. The predicted molar refractivity (Wildman–Crippen MR) is 101 cm³/mol. The molecule has 27 heavy (non-hydrogen) atoms. The molecular weight excluding hydrogens is 353 g/mol. The van der Waals surface area contributed by atoms with Gasteiger partial charge in [-0.05, 0) is 40.6 Å². The minimum atomic E-state index is -3.09. The fourth-order valence-corrected chi connectivity index (χ4v) is 2.89. The van der Waals surface area contributed by atoms with Gasteiger partial charge in [-0.3, -0.25) is 0 Å². The van der Waals surface area contributed by atoms with E-state index in [0.717, 1.165) is 17.5 Å². The van der Waals surface area contributed by atoms with Crippen LogP contribution in [0.15, 0.2) is 61.2 Å². The number of halogens is 3. The third-order valence-electron chi connectivity index (χ3n) is 4.25. The number of fused-ring (bicyclic) bond motifs is 1. The topological polar surface area (TPSA) is 18.5 Å². The highest BCUT2D eigenvalue weighted by Gasteiger charge is 2.19. The molecular formula is C22H19F3O2. The van der Waals surface area contributed by atoms with Crippen LogP contribution in [-0.2, 0) is 6.42 Å². The smallest absolute Gasteiger partial charge is 0.387 e. The molecule has 0 radical (unpaired) electrons. The van der Waals surface area contributed by atoms with Crippen molar-refractivity contribution < 1.29 is 22.6 Å². The number of benzene rings is 3. The van der Waals surface area contributed by atoms with Crippen LogP contribution < -0.4 is 9.47 Å². The van der Waals surface area contributed by atoms with Crippen molar-refractivity contribution in [2.24, 2.45) is 0 Å². The zero-order chi connectivity index (χ0) is 19.4. The molecule has 2 nitrogen and oxygen atoms in total. The Bertz CT molecular complexity index is 950. The fraction of sp³-hybridized carbons (Fsp3) is 0.182. The lowest BCUT2D eigenvalue weighted by molar-refractivity contribution is -0.0515. The number of hydrogen-bond donors (Lipinski definition) is 0. The standard InChI is InChI=1S/C22H19F3O2/c1-3-11-26-21-19(27-22(24)25)13-17-12-16(9-10-18(17)20(21)23)15-7-5-14(4-2)6-8-15/h3,5-10,12-13,22H,1,4,11H2,2H3. The summed E-state index contributed by atoms with van der Waals surface area (Å²) in [6, 6.07) is 14.5. The first kappa shape index (κ1) is 18.8. The summed E-state index contributed by atoms with van der Waals surface area (Å²) in [6.45, 7) is 2.44. The van der Waals surface area contributed by atoms with Crippen molar-refractivity contribution in [1.82, 2.24) is 0 Å². The molecule has 0 unspecified atom stereocenters. The lowest BCUT2D eigenvalue weighted by Gasteiger charge is -2.15. The van der Waals surface area contributed by atoms with E-state index in [0.29, 0.717) is 5.39 Å². The van der Waals surface area contributed by atoms with Crippen LogP contribution in [0.4, 0.5) is 13.2 Å². The number of ether oxygens (including phenoxy) is 2. The first-order valence-corrected chi connectivity index (χ1v) is 8.57. The second-order valence-corrected chi connectivity index (χ2v) is 5.98. The van der Waals surface area contributed by atoms with Crippen molar-refractivity contribution in [2.45, 2.75) is 20.0 Å². The third-order valence-corrected chi connectivity index (χ3v) is 4.25. The molecule has 0 aliphatic heterocycles. The molecule has 0 aliphatic rings. The molecule has 0 aliphatic carbocycles. The van der Waals surface area contributed by atoms with Gasteiger partial charge < -0.3 is 9.47 Å². The van der Waals surface area contributed by atoms with Crippen LogP contribution in [0, 0.1) is 5.82 Å². The van der Waals surface area contributed by atoms with Crippen molar-refractivity contribution in [2.75, 3.05) is 6.61 Å². The van der Waals surface area contributed by atoms with Crippen molar-refractivity contribution in [1.29, 1.82) is 0 Å². The van der Waals surface area contributed by atoms with Crippen LogP contribution in [0.3, 0.4) is 0 Å². The summed E-state index contributed by atoms with van der Waals surface area (Å²) in [5.74, 6) is -1.42. The van der Waals surface area contributed by atoms with E-state index in [1.807, 2.05) is 24.3 Å². The number of aryl methyl sites for hydroxylation is 1. The Balaban J connectivity index is 2.10. The second kappa shape index (κ2) is 8.16. The molecule has 140 valence electrons. The quantitative estimate of drug-likeness (QED) is 0.448. The lowest BCUT2D eigenvalue weighted by atomic mass is 9.99. The van der Waals surface area contributed by atoms with Gasteiger partial charge in [-0.1, -0.05) is 56.0 Å². The number of alkyl halides is 2. The maximum atomic E-state index is 14.9. The average Bonchev–Trinajstić information content (AvgIpc) is 2.67. The van der Waals surface area contributed by atoms with Crippen molar-refractivity contribution in [3.63, 3.8) is 0 Å². The number of rotatable bonds is 7. The Morgan fingerprint density at radius 2 is 1.74 bits per heavy atom. The molecule has 3 aromatic carbocycles. The first-order chi connectivity index (χ1) is 13.0. The highest BCUT2D eigenvalue weighted by atomic mass is 19.3. The molecule has 3 aromatic rings. The van der Waals surface area contributed by atoms with Crippen LogP contribution in [-0.4, -0.2) is 13.2 Å². The maximum Gasteiger partial charge on any atom is 0.387 e. The zero-order valence-corrected chi connectivity index (χ0v) is 14.8. The molecule has 5 heteroatoms. The normalized spacial score (nSPS) is 11.0. The Hall–Kier alpha value is -2.95. The molecule has 0 heterocycles. The molecule has 3 rings (SSSR count). The Morgan fingerprint density at radius 1 is 1.04 bits per heavy atom. The summed E-state index contributed by atoms with van der Waals surface area (Å²) >= 11 is 0. The molecule has 0 aromatic heterocycles. The van der Waals surface area contributed by atoms with E-state index < -0.39 is 12.4 Å². The summed E-state index contributed by atoms with van der Waals surface area (Å²) in [5, 5.41) is 0.718. The van der Waals surface area contributed by atoms with E-state index in [9.17, 15) is 13.2 Å². The van der Waals surface area contributed by atoms with E-state index >= 15 is 0 Å². The van der Waals surface area contributed by atoms with Gasteiger partial charge in [0, 0.05) is 5.39 Å². The lowest BCUT2D eigenvalue weighted by Crippen LogP contribution is -2.06. The molecule has 0 saturated carbocycles. The summed E-state index contributed by atoms with van der Waals surface area (Å²) in [7, 11) is 0. The Kier molecular flexibility index (Phi) is 5.69. The van der Waals surface area contributed by atoms with Crippen LogP contribution in [0.1, 0.15) is 12.5 Å². The minimum absolute atomic E-state index is 0.0239. The Morgan fingerprint density at radius 3 is 2.37 bits per heavy atom. The molecule has 0 fully saturated rings. The first-order valence-electron chi connectivity index (χ1n) is 8.57.